The van der Waals surface area contributed by atoms with E-state index >= 15 is 0 Å². The molecular weight excluding hydrogens is 172 g/mol. The van der Waals surface area contributed by atoms with Crippen LogP contribution in [0.15, 0.2) is 0 Å². The number of aliphatic hydroxyl groups excluding tert-OH is 1. The van der Waals surface area contributed by atoms with Gasteiger partial charge < -0.3 is 17.5 Å². The van der Waals surface area contributed by atoms with Crippen LogP contribution in [0.4, 0.5) is 0 Å². The summed E-state index contributed by atoms with van der Waals surface area (Å²) in [6, 6.07) is 0. The smallest absolute Gasteiger partial charge is 1.00 e. The molecule has 0 saturated heterocycles. The minimum absolute atomic E-state index is 0. The van der Waals surface area contributed by atoms with E-state index in [0.29, 0.717) is 11.8 Å². The van der Waals surface area contributed by atoms with Gasteiger partial charge in [0.15, 0.2) is 0 Å². The molecule has 0 amide bonds. The van der Waals surface area contributed by atoms with E-state index in [0.717, 1.165) is 6.42 Å². The molecule has 1 nitrogen and oxygen atoms in total. The predicted molar refractivity (Wildman–Crippen MR) is 46.1 cm³/mol. The summed E-state index contributed by atoms with van der Waals surface area (Å²) in [5.41, 5.74) is 0. The zero-order valence-corrected chi connectivity index (χ0v) is 10.1. The third-order valence-electron chi connectivity index (χ3n) is 1.48. The molecule has 11 heavy (non-hydrogen) atoms. The SMILES string of the molecule is CC(C)CC(O)C(C)C.[Cl-].[Mg+2]. The summed E-state index contributed by atoms with van der Waals surface area (Å²) in [6.45, 7) is 8.36. The number of aliphatic hydroxyl groups is 1. The van der Waals surface area contributed by atoms with E-state index in [9.17, 15) is 5.11 Å². The molecule has 0 heterocycles. The molecule has 0 fully saturated rings. The number of hydrogen-bond acceptors (Lipinski definition) is 1. The van der Waals surface area contributed by atoms with E-state index in [2.05, 4.69) is 13.8 Å². The Morgan fingerprint density at radius 1 is 1.09 bits per heavy atom. The first kappa shape index (κ1) is 17.9. The van der Waals surface area contributed by atoms with Crippen LogP contribution in [-0.4, -0.2) is 34.3 Å². The van der Waals surface area contributed by atoms with E-state index in [1.165, 1.54) is 0 Å². The van der Waals surface area contributed by atoms with E-state index in [1.807, 2.05) is 13.8 Å². The van der Waals surface area contributed by atoms with Crippen molar-refractivity contribution in [2.45, 2.75) is 40.2 Å². The maximum atomic E-state index is 9.30. The van der Waals surface area contributed by atoms with Crippen LogP contribution in [0.3, 0.4) is 0 Å². The zero-order chi connectivity index (χ0) is 7.44. The van der Waals surface area contributed by atoms with Crippen LogP contribution in [0.5, 0.6) is 0 Å². The molecule has 1 atom stereocenters. The Labute approximate surface area is 92.5 Å². The number of halogens is 1. The summed E-state index contributed by atoms with van der Waals surface area (Å²) in [5, 5.41) is 9.30. The molecule has 0 aromatic rings. The maximum absolute atomic E-state index is 9.30. The van der Waals surface area contributed by atoms with Gasteiger partial charge in [0.2, 0.25) is 0 Å². The molecule has 0 aliphatic heterocycles. The first-order chi connectivity index (χ1) is 4.04. The van der Waals surface area contributed by atoms with Crippen molar-refractivity contribution in [3.63, 3.8) is 0 Å². The van der Waals surface area contributed by atoms with Crippen molar-refractivity contribution < 1.29 is 17.5 Å². The first-order valence-electron chi connectivity index (χ1n) is 3.72. The molecule has 0 aliphatic carbocycles. The summed E-state index contributed by atoms with van der Waals surface area (Å²) >= 11 is 0. The van der Waals surface area contributed by atoms with Gasteiger partial charge in [-0.05, 0) is 18.3 Å². The van der Waals surface area contributed by atoms with Crippen molar-refractivity contribution in [3.05, 3.63) is 0 Å². The molecule has 3 heteroatoms. The molecule has 0 radical (unpaired) electrons. The van der Waals surface area contributed by atoms with E-state index in [1.54, 1.807) is 0 Å². The second-order valence-corrected chi connectivity index (χ2v) is 3.44. The van der Waals surface area contributed by atoms with Crippen molar-refractivity contribution in [1.29, 1.82) is 0 Å². The first-order valence-corrected chi connectivity index (χ1v) is 3.72. The fraction of sp³-hybridized carbons (Fsp3) is 1.00. The van der Waals surface area contributed by atoms with Gasteiger partial charge in [0.25, 0.3) is 0 Å². The van der Waals surface area contributed by atoms with Crippen LogP contribution in [0, 0.1) is 11.8 Å². The maximum Gasteiger partial charge on any atom is 2.00 e. The van der Waals surface area contributed by atoms with Crippen LogP contribution in [0.2, 0.25) is 0 Å². The van der Waals surface area contributed by atoms with Gasteiger partial charge in [0.1, 0.15) is 0 Å². The Morgan fingerprint density at radius 2 is 1.45 bits per heavy atom. The normalized spacial score (nSPS) is 12.3. The summed E-state index contributed by atoms with van der Waals surface area (Å²) in [7, 11) is 0. The van der Waals surface area contributed by atoms with Crippen molar-refractivity contribution in [1.82, 2.24) is 0 Å². The Bertz CT molecular complexity index is 76.5. The van der Waals surface area contributed by atoms with Crippen LogP contribution >= 0.6 is 0 Å². The average Bonchev–Trinajstić information content (AvgIpc) is 1.63. The molecule has 64 valence electrons. The third-order valence-corrected chi connectivity index (χ3v) is 1.48. The van der Waals surface area contributed by atoms with Gasteiger partial charge in [0, 0.05) is 0 Å². The van der Waals surface area contributed by atoms with E-state index in [-0.39, 0.29) is 41.6 Å². The molecule has 0 spiro atoms. The topological polar surface area (TPSA) is 20.2 Å². The number of rotatable bonds is 3. The third kappa shape index (κ3) is 11.0. The van der Waals surface area contributed by atoms with Gasteiger partial charge in [-0.2, -0.15) is 0 Å². The Kier molecular flexibility index (Phi) is 14.9. The standard InChI is InChI=1S/C8H18O.ClH.Mg/c1-6(2)5-8(9)7(3)4;;/h6-9H,5H2,1-4H3;1H;/q;;+2/p-1. The Hall–Kier alpha value is 1.02. The summed E-state index contributed by atoms with van der Waals surface area (Å²) in [5.74, 6) is 1.02. The zero-order valence-electron chi connectivity index (χ0n) is 7.97. The monoisotopic (exact) mass is 189 g/mol. The summed E-state index contributed by atoms with van der Waals surface area (Å²) < 4.78 is 0. The summed E-state index contributed by atoms with van der Waals surface area (Å²) in [6.07, 6.45) is 0.822. The molecule has 0 saturated carbocycles. The molecule has 0 bridgehead atoms. The minimum atomic E-state index is -0.106. The molecule has 0 aromatic carbocycles. The predicted octanol–water partition coefficient (Wildman–Crippen LogP) is -1.33. The number of hydrogen-bond donors (Lipinski definition) is 1. The summed E-state index contributed by atoms with van der Waals surface area (Å²) in [4.78, 5) is 0. The second kappa shape index (κ2) is 9.11. The van der Waals surface area contributed by atoms with Gasteiger partial charge in [-0.25, -0.2) is 0 Å². The minimum Gasteiger partial charge on any atom is -1.00 e. The Morgan fingerprint density at radius 3 is 1.55 bits per heavy atom. The largest absolute Gasteiger partial charge is 2.00 e. The van der Waals surface area contributed by atoms with Crippen molar-refractivity contribution in [3.8, 4) is 0 Å². The fourth-order valence-electron chi connectivity index (χ4n) is 0.755. The van der Waals surface area contributed by atoms with Gasteiger partial charge in [-0.15, -0.1) is 0 Å². The molecule has 1 N–H and O–H groups in total. The van der Waals surface area contributed by atoms with Crippen molar-refractivity contribution >= 4 is 23.1 Å². The van der Waals surface area contributed by atoms with E-state index in [4.69, 9.17) is 0 Å². The van der Waals surface area contributed by atoms with Gasteiger partial charge in [0.05, 0.1) is 6.10 Å². The molecule has 0 aromatic heterocycles. The van der Waals surface area contributed by atoms with Crippen molar-refractivity contribution in [2.75, 3.05) is 0 Å². The van der Waals surface area contributed by atoms with E-state index < -0.39 is 0 Å². The van der Waals surface area contributed by atoms with Gasteiger partial charge in [-0.1, -0.05) is 27.7 Å². The van der Waals surface area contributed by atoms with Crippen LogP contribution in [0.1, 0.15) is 34.1 Å². The fourth-order valence-corrected chi connectivity index (χ4v) is 0.755. The quantitative estimate of drug-likeness (QED) is 0.547. The molecule has 0 aliphatic rings. The van der Waals surface area contributed by atoms with Gasteiger partial charge >= 0.3 is 23.1 Å². The molecule has 0 rings (SSSR count). The second-order valence-electron chi connectivity index (χ2n) is 3.44. The van der Waals surface area contributed by atoms with Gasteiger partial charge in [-0.3, -0.25) is 0 Å². The average molecular weight is 190 g/mol. The molecular formula is C8H18ClMgO+. The van der Waals surface area contributed by atoms with Crippen LogP contribution < -0.4 is 12.4 Å². The molecule has 1 unspecified atom stereocenters. The van der Waals surface area contributed by atoms with Crippen LogP contribution in [0.25, 0.3) is 0 Å². The Balaban J connectivity index is -0.000000320. The van der Waals surface area contributed by atoms with Crippen LogP contribution in [-0.2, 0) is 0 Å². The van der Waals surface area contributed by atoms with Crippen molar-refractivity contribution in [2.24, 2.45) is 11.8 Å².